The number of ether oxygens (including phenoxy) is 2. The molecule has 2 heterocycles. The van der Waals surface area contributed by atoms with E-state index in [1.165, 1.54) is 4.90 Å². The van der Waals surface area contributed by atoms with E-state index in [0.29, 0.717) is 23.8 Å². The minimum atomic E-state index is -0.921. The third-order valence-corrected chi connectivity index (χ3v) is 6.70. The lowest BCUT2D eigenvalue weighted by Crippen LogP contribution is -2.37. The number of rotatable bonds is 8. The molecule has 2 aliphatic rings. The van der Waals surface area contributed by atoms with Crippen LogP contribution in [0.25, 0.3) is 0 Å². The van der Waals surface area contributed by atoms with Crippen LogP contribution in [0.3, 0.4) is 0 Å². The second-order valence-corrected chi connectivity index (χ2v) is 9.12. The summed E-state index contributed by atoms with van der Waals surface area (Å²) in [6.07, 6.45) is 1.05. The molecule has 3 atom stereocenters. The fraction of sp³-hybridized carbons (Fsp3) is 0.310. The van der Waals surface area contributed by atoms with Crippen molar-refractivity contribution in [1.29, 1.82) is 0 Å². The molecule has 0 unspecified atom stereocenters. The van der Waals surface area contributed by atoms with Gasteiger partial charge in [0, 0.05) is 0 Å². The number of hydroxylamine groups is 1. The number of hydrogen-bond acceptors (Lipinski definition) is 6. The minimum absolute atomic E-state index is 0.278. The number of methoxy groups -OCH3 is 1. The number of anilines is 2. The quantitative estimate of drug-likeness (QED) is 0.321. The molecule has 2 aliphatic heterocycles. The highest BCUT2D eigenvalue weighted by Crippen LogP contribution is 2.48. The summed E-state index contributed by atoms with van der Waals surface area (Å²) in [7, 11) is 1.60. The minimum Gasteiger partial charge on any atom is -0.493 e. The van der Waals surface area contributed by atoms with Crippen LogP contribution >= 0.6 is 0 Å². The van der Waals surface area contributed by atoms with Crippen LogP contribution in [0.15, 0.2) is 72.8 Å². The van der Waals surface area contributed by atoms with Crippen molar-refractivity contribution in [3.05, 3.63) is 83.9 Å². The predicted molar refractivity (Wildman–Crippen MR) is 137 cm³/mol. The van der Waals surface area contributed by atoms with Crippen LogP contribution in [0.1, 0.15) is 36.9 Å². The Bertz CT molecular complexity index is 1240. The van der Waals surface area contributed by atoms with Gasteiger partial charge in [-0.25, -0.2) is 9.96 Å². The van der Waals surface area contributed by atoms with Gasteiger partial charge >= 0.3 is 0 Å². The Morgan fingerprint density at radius 1 is 0.889 bits per heavy atom. The number of para-hydroxylation sites is 1. The lowest BCUT2D eigenvalue weighted by atomic mass is 9.90. The highest BCUT2D eigenvalue weighted by molar-refractivity contribution is 6.23. The normalized spacial score (nSPS) is 21.1. The number of benzene rings is 3. The Labute approximate surface area is 211 Å². The van der Waals surface area contributed by atoms with Crippen molar-refractivity contribution >= 4 is 23.2 Å². The number of hydrogen-bond donors (Lipinski definition) is 0. The molecular formula is C29H30N2O5. The van der Waals surface area contributed by atoms with Gasteiger partial charge in [0.25, 0.3) is 5.91 Å². The van der Waals surface area contributed by atoms with E-state index in [1.807, 2.05) is 67.6 Å². The molecule has 0 bridgehead atoms. The second kappa shape index (κ2) is 10.0. The summed E-state index contributed by atoms with van der Waals surface area (Å²) in [6, 6.07) is 22.0. The summed E-state index contributed by atoms with van der Waals surface area (Å²) < 4.78 is 11.5. The van der Waals surface area contributed by atoms with Crippen LogP contribution < -0.4 is 19.4 Å². The van der Waals surface area contributed by atoms with Gasteiger partial charge in [0.15, 0.2) is 17.6 Å². The fourth-order valence-corrected chi connectivity index (χ4v) is 4.81. The summed E-state index contributed by atoms with van der Waals surface area (Å²) in [5.41, 5.74) is 3.17. The molecule has 0 aromatic heterocycles. The molecule has 7 heteroatoms. The fourth-order valence-electron chi connectivity index (χ4n) is 4.81. The van der Waals surface area contributed by atoms with Crippen molar-refractivity contribution in [3.8, 4) is 11.5 Å². The molecule has 3 aromatic rings. The van der Waals surface area contributed by atoms with E-state index in [2.05, 4.69) is 6.92 Å². The molecule has 186 valence electrons. The van der Waals surface area contributed by atoms with Crippen LogP contribution in [0.5, 0.6) is 11.5 Å². The number of aryl methyl sites for hydroxylation is 1. The SMILES string of the molecule is CCCCOc1ccc([C@@H]2[C@@H]3C(=O)N(c4ccc(C)cc4)C(=O)[C@@H]3ON2c2ccccc2)cc1OC. The van der Waals surface area contributed by atoms with Crippen molar-refractivity contribution in [3.63, 3.8) is 0 Å². The van der Waals surface area contributed by atoms with E-state index in [1.54, 1.807) is 24.3 Å². The molecule has 2 amide bonds. The van der Waals surface area contributed by atoms with E-state index in [9.17, 15) is 9.59 Å². The monoisotopic (exact) mass is 486 g/mol. The Morgan fingerprint density at radius 3 is 2.33 bits per heavy atom. The molecule has 0 saturated carbocycles. The van der Waals surface area contributed by atoms with Gasteiger partial charge in [-0.1, -0.05) is 55.3 Å². The molecule has 2 fully saturated rings. The molecule has 7 nitrogen and oxygen atoms in total. The first kappa shape index (κ1) is 23.9. The van der Waals surface area contributed by atoms with E-state index >= 15 is 0 Å². The zero-order valence-corrected chi connectivity index (χ0v) is 20.7. The topological polar surface area (TPSA) is 68.3 Å². The van der Waals surface area contributed by atoms with E-state index < -0.39 is 18.1 Å². The molecule has 0 N–H and O–H groups in total. The van der Waals surface area contributed by atoms with Gasteiger partial charge < -0.3 is 9.47 Å². The summed E-state index contributed by atoms with van der Waals surface area (Å²) >= 11 is 0. The number of fused-ring (bicyclic) bond motifs is 1. The molecule has 0 spiro atoms. The smallest absolute Gasteiger partial charge is 0.266 e. The summed E-state index contributed by atoms with van der Waals surface area (Å²) in [5, 5.41) is 1.68. The maximum Gasteiger partial charge on any atom is 0.266 e. The Balaban J connectivity index is 1.54. The molecule has 0 radical (unpaired) electrons. The van der Waals surface area contributed by atoms with Gasteiger partial charge in [0.1, 0.15) is 5.92 Å². The van der Waals surface area contributed by atoms with Gasteiger partial charge in [-0.3, -0.25) is 14.4 Å². The first-order valence-corrected chi connectivity index (χ1v) is 12.3. The Kier molecular flexibility index (Phi) is 6.65. The van der Waals surface area contributed by atoms with Crippen LogP contribution in [0.2, 0.25) is 0 Å². The Morgan fingerprint density at radius 2 is 1.64 bits per heavy atom. The zero-order chi connectivity index (χ0) is 25.2. The van der Waals surface area contributed by atoms with Crippen molar-refractivity contribution in [2.75, 3.05) is 23.7 Å². The van der Waals surface area contributed by atoms with Gasteiger partial charge in [-0.05, 0) is 55.3 Å². The average Bonchev–Trinajstić information content (AvgIpc) is 3.41. The molecular weight excluding hydrogens is 456 g/mol. The standard InChI is InChI=1S/C29H30N2O5/c1-4-5-17-35-23-16-13-20(18-24(23)34-3)26-25-27(36-31(26)22-9-7-6-8-10-22)29(33)30(28(25)32)21-14-11-19(2)12-15-21/h6-16,18,25-27H,4-5,17H2,1-3H3/t25-,26+,27+/m0/s1. The maximum atomic E-state index is 13.8. The van der Waals surface area contributed by atoms with Crippen LogP contribution in [0, 0.1) is 12.8 Å². The van der Waals surface area contributed by atoms with Gasteiger partial charge in [0.05, 0.1) is 31.1 Å². The molecule has 36 heavy (non-hydrogen) atoms. The van der Waals surface area contributed by atoms with Crippen molar-refractivity contribution in [2.24, 2.45) is 5.92 Å². The number of amides is 2. The lowest BCUT2D eigenvalue weighted by molar-refractivity contribution is -0.126. The van der Waals surface area contributed by atoms with Gasteiger partial charge in [-0.15, -0.1) is 0 Å². The highest BCUT2D eigenvalue weighted by Gasteiger charge is 2.60. The molecule has 5 rings (SSSR count). The van der Waals surface area contributed by atoms with E-state index in [-0.39, 0.29) is 11.8 Å². The van der Waals surface area contributed by atoms with Crippen LogP contribution in [-0.4, -0.2) is 31.6 Å². The average molecular weight is 487 g/mol. The zero-order valence-electron chi connectivity index (χ0n) is 20.7. The molecule has 0 aliphatic carbocycles. The second-order valence-electron chi connectivity index (χ2n) is 9.12. The third-order valence-electron chi connectivity index (χ3n) is 6.70. The molecule has 2 saturated heterocycles. The van der Waals surface area contributed by atoms with Crippen LogP contribution in [0.4, 0.5) is 11.4 Å². The first-order chi connectivity index (χ1) is 17.5. The number of unbranched alkanes of at least 4 members (excludes halogenated alkanes) is 1. The largest absolute Gasteiger partial charge is 0.493 e. The van der Waals surface area contributed by atoms with Crippen LogP contribution in [-0.2, 0) is 14.4 Å². The lowest BCUT2D eigenvalue weighted by Gasteiger charge is -2.29. The van der Waals surface area contributed by atoms with E-state index in [0.717, 1.165) is 29.7 Å². The van der Waals surface area contributed by atoms with Gasteiger partial charge in [-0.2, -0.15) is 0 Å². The number of carbonyl (C=O) groups is 2. The summed E-state index contributed by atoms with van der Waals surface area (Å²) in [4.78, 5) is 34.7. The van der Waals surface area contributed by atoms with Crippen molar-refractivity contribution in [2.45, 2.75) is 38.8 Å². The predicted octanol–water partition coefficient (Wildman–Crippen LogP) is 5.23. The number of nitrogens with zero attached hydrogens (tertiary/aromatic N) is 2. The number of imide groups is 1. The summed E-state index contributed by atoms with van der Waals surface area (Å²) in [6.45, 7) is 4.67. The molecule has 3 aromatic carbocycles. The Hall–Kier alpha value is -3.84. The van der Waals surface area contributed by atoms with Gasteiger partial charge in [0.2, 0.25) is 5.91 Å². The third kappa shape index (κ3) is 4.20. The van der Waals surface area contributed by atoms with E-state index in [4.69, 9.17) is 14.3 Å². The first-order valence-electron chi connectivity index (χ1n) is 12.3. The highest BCUT2D eigenvalue weighted by atomic mass is 16.7. The van der Waals surface area contributed by atoms with Crippen molar-refractivity contribution < 1.29 is 23.9 Å². The van der Waals surface area contributed by atoms with Crippen molar-refractivity contribution in [1.82, 2.24) is 0 Å². The maximum absolute atomic E-state index is 13.8. The summed E-state index contributed by atoms with van der Waals surface area (Å²) in [5.74, 6) is -0.127. The number of carbonyl (C=O) groups excluding carboxylic acids is 2.